The average Bonchev–Trinajstić information content (AvgIpc) is 3.11. The third-order valence-corrected chi connectivity index (χ3v) is 6.30. The molecule has 0 saturated heterocycles. The van der Waals surface area contributed by atoms with E-state index in [4.69, 9.17) is 11.7 Å². The molecule has 3 rings (SSSR count). The number of carbonyl (C=O) groups is 1. The molecule has 0 bridgehead atoms. The van der Waals surface area contributed by atoms with Crippen molar-refractivity contribution in [2.45, 2.75) is 44.6 Å². The number of hydrogen-bond donors (Lipinski definition) is 4. The molecule has 2 aromatic carbocycles. The van der Waals surface area contributed by atoms with Crippen LogP contribution in [0.5, 0.6) is 0 Å². The predicted molar refractivity (Wildman–Crippen MR) is 140 cm³/mol. The lowest BCUT2D eigenvalue weighted by Gasteiger charge is -2.24. The number of hydrazine groups is 2. The molecule has 1 aliphatic rings. The minimum atomic E-state index is -3.80. The molecule has 5 N–H and O–H groups in total. The van der Waals surface area contributed by atoms with E-state index < -0.39 is 10.0 Å². The van der Waals surface area contributed by atoms with Crippen LogP contribution in [-0.2, 0) is 16.4 Å². The van der Waals surface area contributed by atoms with Crippen LogP contribution in [0.4, 0.5) is 21.9 Å². The van der Waals surface area contributed by atoms with Crippen LogP contribution in [0.1, 0.15) is 32.8 Å². The van der Waals surface area contributed by atoms with E-state index in [-0.39, 0.29) is 17.0 Å². The number of anilines is 3. The standard InChI is InChI=1S/C18H24N6O3S.C3H8.CH4S/c1-12-10-13-4-9-16(28(26,27)23(3)20)11-17(13)24(12)18(25)21-14-5-7-15(8-6-14)22(2)19;1-3-2;1-2/h4-9,11-12H,10,19-20H2,1-3H3,(H,21,25);3H2,1-2H3;2H,1H3. The van der Waals surface area contributed by atoms with Gasteiger partial charge in [-0.15, -0.1) is 4.41 Å². The van der Waals surface area contributed by atoms with Crippen LogP contribution in [0.3, 0.4) is 0 Å². The van der Waals surface area contributed by atoms with Crippen LogP contribution in [0.15, 0.2) is 47.4 Å². The second-order valence-corrected chi connectivity index (χ2v) is 9.53. The molecule has 184 valence electrons. The molecule has 1 atom stereocenters. The number of nitrogens with two attached hydrogens (primary N) is 2. The minimum absolute atomic E-state index is 0.0403. The molecule has 33 heavy (non-hydrogen) atoms. The highest BCUT2D eigenvalue weighted by Crippen LogP contribution is 2.35. The number of amides is 2. The quantitative estimate of drug-likeness (QED) is 0.292. The Morgan fingerprint density at radius 3 is 2.15 bits per heavy atom. The van der Waals surface area contributed by atoms with Crippen LogP contribution in [0, 0.1) is 0 Å². The van der Waals surface area contributed by atoms with E-state index in [1.54, 1.807) is 48.5 Å². The summed E-state index contributed by atoms with van der Waals surface area (Å²) in [6.07, 6.45) is 3.58. The number of benzene rings is 2. The molecule has 0 aliphatic carbocycles. The zero-order valence-corrected chi connectivity index (χ0v) is 21.8. The van der Waals surface area contributed by atoms with Gasteiger partial charge in [-0.25, -0.2) is 19.1 Å². The van der Waals surface area contributed by atoms with Crippen molar-refractivity contribution >= 4 is 45.7 Å². The molecule has 0 fully saturated rings. The molecule has 0 aromatic heterocycles. The summed E-state index contributed by atoms with van der Waals surface area (Å²) in [4.78, 5) is 14.5. The fourth-order valence-electron chi connectivity index (χ4n) is 3.19. The highest BCUT2D eigenvalue weighted by atomic mass is 32.2. The number of urea groups is 1. The van der Waals surface area contributed by atoms with Crippen LogP contribution < -0.4 is 26.9 Å². The van der Waals surface area contributed by atoms with Gasteiger partial charge in [0.15, 0.2) is 0 Å². The van der Waals surface area contributed by atoms with Gasteiger partial charge < -0.3 is 10.3 Å². The Hall–Kier alpha value is -2.31. The van der Waals surface area contributed by atoms with Gasteiger partial charge in [-0.05, 0) is 61.6 Å². The summed E-state index contributed by atoms with van der Waals surface area (Å²) in [7, 11) is -0.816. The van der Waals surface area contributed by atoms with Crippen LogP contribution in [-0.4, -0.2) is 45.3 Å². The lowest BCUT2D eigenvalue weighted by molar-refractivity contribution is 0.256. The van der Waals surface area contributed by atoms with Gasteiger partial charge in [0.25, 0.3) is 10.0 Å². The average molecular weight is 497 g/mol. The van der Waals surface area contributed by atoms with Gasteiger partial charge in [0.2, 0.25) is 0 Å². The summed E-state index contributed by atoms with van der Waals surface area (Å²) >= 11 is 3.53. The molecule has 1 unspecified atom stereocenters. The number of sulfonamides is 1. The normalized spacial score (nSPS) is 14.5. The zero-order chi connectivity index (χ0) is 25.3. The molecule has 2 amide bonds. The summed E-state index contributed by atoms with van der Waals surface area (Å²) < 4.78 is 25.3. The van der Waals surface area contributed by atoms with Gasteiger partial charge in [0.1, 0.15) is 0 Å². The molecule has 0 radical (unpaired) electrons. The summed E-state index contributed by atoms with van der Waals surface area (Å²) in [6, 6.07) is 11.4. The summed E-state index contributed by atoms with van der Waals surface area (Å²) in [6.45, 7) is 6.16. The van der Waals surface area contributed by atoms with Crippen LogP contribution in [0.2, 0.25) is 0 Å². The summed E-state index contributed by atoms with van der Waals surface area (Å²) in [5, 5.41) is 4.32. The van der Waals surface area contributed by atoms with Gasteiger partial charge in [-0.1, -0.05) is 26.3 Å². The first-order valence-corrected chi connectivity index (χ1v) is 12.9. The number of fused-ring (bicyclic) bond motifs is 1. The molecule has 2 aromatic rings. The zero-order valence-electron chi connectivity index (χ0n) is 20.1. The van der Waals surface area contributed by atoms with E-state index in [1.165, 1.54) is 30.6 Å². The van der Waals surface area contributed by atoms with Gasteiger partial charge in [-0.3, -0.25) is 10.7 Å². The van der Waals surface area contributed by atoms with Crippen LogP contribution in [0.25, 0.3) is 0 Å². The molecular weight excluding hydrogens is 460 g/mol. The predicted octanol–water partition coefficient (Wildman–Crippen LogP) is 3.44. The number of thiol groups is 1. The van der Waals surface area contributed by atoms with E-state index in [9.17, 15) is 13.2 Å². The van der Waals surface area contributed by atoms with Crippen molar-refractivity contribution in [3.05, 3.63) is 48.0 Å². The molecule has 0 saturated carbocycles. The lowest BCUT2D eigenvalue weighted by Crippen LogP contribution is -2.39. The maximum atomic E-state index is 12.9. The number of rotatable bonds is 4. The van der Waals surface area contributed by atoms with E-state index >= 15 is 0 Å². The third-order valence-electron chi connectivity index (χ3n) is 4.69. The Morgan fingerprint density at radius 2 is 1.67 bits per heavy atom. The van der Waals surface area contributed by atoms with Gasteiger partial charge in [0.05, 0.1) is 16.3 Å². The second-order valence-electron chi connectivity index (χ2n) is 7.53. The topological polar surface area (TPSA) is 125 Å². The summed E-state index contributed by atoms with van der Waals surface area (Å²) in [5.41, 5.74) is 2.88. The third kappa shape index (κ3) is 7.08. The van der Waals surface area contributed by atoms with Crippen molar-refractivity contribution in [2.75, 3.05) is 35.6 Å². The van der Waals surface area contributed by atoms with Crippen molar-refractivity contribution in [3.63, 3.8) is 0 Å². The van der Waals surface area contributed by atoms with E-state index in [2.05, 4.69) is 31.8 Å². The SMILES string of the molecule is CC1Cc2ccc(S(=O)(=O)N(C)N)cc2N1C(=O)Nc1ccc(N(C)N)cc1.CCC.CS. The number of nitrogens with zero attached hydrogens (tertiary/aromatic N) is 3. The van der Waals surface area contributed by atoms with Crippen molar-refractivity contribution in [1.82, 2.24) is 4.41 Å². The van der Waals surface area contributed by atoms with E-state index in [1.807, 2.05) is 6.92 Å². The smallest absolute Gasteiger partial charge is 0.314 e. The monoisotopic (exact) mass is 496 g/mol. The highest BCUT2D eigenvalue weighted by molar-refractivity contribution is 7.89. The number of nitrogens with one attached hydrogen (secondary N) is 1. The Balaban J connectivity index is 0.00000101. The molecular formula is C22H36N6O3S2. The van der Waals surface area contributed by atoms with Crippen molar-refractivity contribution < 1.29 is 13.2 Å². The first-order valence-electron chi connectivity index (χ1n) is 10.5. The molecule has 11 heteroatoms. The van der Waals surface area contributed by atoms with Gasteiger partial charge in [0, 0.05) is 25.8 Å². The largest absolute Gasteiger partial charge is 0.326 e. The maximum absolute atomic E-state index is 12.9. The van der Waals surface area contributed by atoms with Gasteiger partial charge in [-0.2, -0.15) is 12.6 Å². The van der Waals surface area contributed by atoms with E-state index in [0.717, 1.165) is 11.3 Å². The molecule has 0 spiro atoms. The first kappa shape index (κ1) is 28.7. The van der Waals surface area contributed by atoms with Crippen molar-refractivity contribution in [1.29, 1.82) is 0 Å². The Labute approximate surface area is 203 Å². The molecule has 1 heterocycles. The van der Waals surface area contributed by atoms with Crippen molar-refractivity contribution in [2.24, 2.45) is 11.7 Å². The highest BCUT2D eigenvalue weighted by Gasteiger charge is 2.32. The number of carbonyl (C=O) groups excluding carboxylic acids is 1. The first-order chi connectivity index (χ1) is 15.5. The molecule has 1 aliphatic heterocycles. The maximum Gasteiger partial charge on any atom is 0.326 e. The minimum Gasteiger partial charge on any atom is -0.314 e. The fourth-order valence-corrected chi connectivity index (χ4v) is 4.02. The molecule has 9 nitrogen and oxygen atoms in total. The Bertz CT molecular complexity index is 1010. The Kier molecular flexibility index (Phi) is 11.1. The fraction of sp³-hybridized carbons (Fsp3) is 0.409. The number of hydrogen-bond acceptors (Lipinski definition) is 7. The van der Waals surface area contributed by atoms with Crippen LogP contribution >= 0.6 is 12.6 Å². The lowest BCUT2D eigenvalue weighted by atomic mass is 10.1. The van der Waals surface area contributed by atoms with Gasteiger partial charge >= 0.3 is 6.03 Å². The Morgan fingerprint density at radius 1 is 1.12 bits per heavy atom. The summed E-state index contributed by atoms with van der Waals surface area (Å²) in [5.74, 6) is 11.1. The van der Waals surface area contributed by atoms with E-state index in [0.29, 0.717) is 22.2 Å². The van der Waals surface area contributed by atoms with Crippen molar-refractivity contribution in [3.8, 4) is 0 Å². The second kappa shape index (κ2) is 12.8.